The average Bonchev–Trinajstić information content (AvgIpc) is 2.73. The molecule has 3 aliphatic rings. The maximum Gasteiger partial charge on any atom is 0.262 e. The van der Waals surface area contributed by atoms with Crippen molar-refractivity contribution in [3.63, 3.8) is 0 Å². The summed E-state index contributed by atoms with van der Waals surface area (Å²) in [4.78, 5) is 16.6. The van der Waals surface area contributed by atoms with Crippen LogP contribution < -0.4 is 25.3 Å². The van der Waals surface area contributed by atoms with E-state index in [2.05, 4.69) is 59.0 Å². The van der Waals surface area contributed by atoms with E-state index in [0.29, 0.717) is 6.61 Å². The minimum absolute atomic E-state index is 0.0368. The zero-order valence-electron chi connectivity index (χ0n) is 16.9. The van der Waals surface area contributed by atoms with Crippen LogP contribution >= 0.6 is 0 Å². The molecule has 3 heterocycles. The number of nitrogens with zero attached hydrogens (tertiary/aromatic N) is 3. The molecule has 150 valence electrons. The first-order valence-corrected chi connectivity index (χ1v) is 9.94. The van der Waals surface area contributed by atoms with Crippen molar-refractivity contribution in [2.45, 2.75) is 25.4 Å². The average molecular weight is 391 g/mol. The first kappa shape index (κ1) is 18.0. The standard InChI is InChI=1S/C22H25N5O2/c1-14-21(28)25-24-20-11-29-19-9-16(15-7-5-4-6-8-15)17(10-18(19)27(14)20)26(3)22(2)12-23-13-22/h4-10,14,23H,11-13H2,1-3H3,(H,25,28). The summed E-state index contributed by atoms with van der Waals surface area (Å²) >= 11 is 0. The SMILES string of the molecule is CC1C(=O)NN=C2COc3cc(-c4ccccc4)c(N(C)C4(C)CNC4)cc3N21. The second kappa shape index (κ2) is 6.49. The number of carbonyl (C=O) groups excluding carboxylic acids is 1. The minimum Gasteiger partial charge on any atom is -0.483 e. The van der Waals surface area contributed by atoms with Gasteiger partial charge in [-0.3, -0.25) is 4.79 Å². The molecule has 0 bridgehead atoms. The maximum absolute atomic E-state index is 12.3. The Kier molecular flexibility index (Phi) is 4.03. The highest BCUT2D eigenvalue weighted by Gasteiger charge is 2.39. The summed E-state index contributed by atoms with van der Waals surface area (Å²) in [6.45, 7) is 6.35. The number of amides is 1. The van der Waals surface area contributed by atoms with Crippen LogP contribution in [0.15, 0.2) is 47.6 Å². The molecule has 1 amide bonds. The van der Waals surface area contributed by atoms with Crippen molar-refractivity contribution in [3.8, 4) is 16.9 Å². The lowest BCUT2D eigenvalue weighted by atomic mass is 9.90. The number of ether oxygens (including phenoxy) is 1. The van der Waals surface area contributed by atoms with Crippen molar-refractivity contribution >= 4 is 23.1 Å². The lowest BCUT2D eigenvalue weighted by molar-refractivity contribution is -0.122. The molecule has 0 saturated carbocycles. The minimum atomic E-state index is -0.341. The number of nitrogens with one attached hydrogen (secondary N) is 2. The fraction of sp³-hybridized carbons (Fsp3) is 0.364. The monoisotopic (exact) mass is 391 g/mol. The number of rotatable bonds is 3. The molecule has 5 rings (SSSR count). The number of fused-ring (bicyclic) bond motifs is 3. The molecule has 7 nitrogen and oxygen atoms in total. The van der Waals surface area contributed by atoms with Crippen LogP contribution in [0.2, 0.25) is 0 Å². The van der Waals surface area contributed by atoms with Crippen LogP contribution in [-0.4, -0.2) is 50.1 Å². The summed E-state index contributed by atoms with van der Waals surface area (Å²) in [6.07, 6.45) is 0. The molecule has 2 N–H and O–H groups in total. The van der Waals surface area contributed by atoms with Gasteiger partial charge in [0, 0.05) is 31.4 Å². The zero-order valence-corrected chi connectivity index (χ0v) is 16.9. The fourth-order valence-corrected chi connectivity index (χ4v) is 4.20. The third-order valence-corrected chi connectivity index (χ3v) is 6.30. The van der Waals surface area contributed by atoms with Crippen molar-refractivity contribution in [2.24, 2.45) is 5.10 Å². The number of amidine groups is 1. The third-order valence-electron chi connectivity index (χ3n) is 6.30. The summed E-state index contributed by atoms with van der Waals surface area (Å²) < 4.78 is 6.04. The summed E-state index contributed by atoms with van der Waals surface area (Å²) in [5, 5.41) is 7.59. The molecule has 1 fully saturated rings. The maximum atomic E-state index is 12.3. The number of anilines is 2. The zero-order chi connectivity index (χ0) is 20.2. The smallest absolute Gasteiger partial charge is 0.262 e. The Labute approximate surface area is 170 Å². The van der Waals surface area contributed by atoms with Crippen LogP contribution in [0, 0.1) is 0 Å². The Morgan fingerprint density at radius 2 is 2.00 bits per heavy atom. The normalized spacial score (nSPS) is 21.8. The molecular weight excluding hydrogens is 366 g/mol. The quantitative estimate of drug-likeness (QED) is 0.839. The number of benzene rings is 2. The summed E-state index contributed by atoms with van der Waals surface area (Å²) in [5.41, 5.74) is 6.88. The van der Waals surface area contributed by atoms with E-state index in [1.807, 2.05) is 30.0 Å². The van der Waals surface area contributed by atoms with E-state index in [4.69, 9.17) is 4.74 Å². The van der Waals surface area contributed by atoms with Crippen molar-refractivity contribution in [1.29, 1.82) is 0 Å². The van der Waals surface area contributed by atoms with E-state index >= 15 is 0 Å². The highest BCUT2D eigenvalue weighted by atomic mass is 16.5. The van der Waals surface area contributed by atoms with E-state index in [0.717, 1.165) is 47.2 Å². The number of hydrogen-bond acceptors (Lipinski definition) is 6. The number of carbonyl (C=O) groups is 1. The van der Waals surface area contributed by atoms with Gasteiger partial charge in [0.05, 0.1) is 11.2 Å². The van der Waals surface area contributed by atoms with Crippen molar-refractivity contribution < 1.29 is 9.53 Å². The molecule has 29 heavy (non-hydrogen) atoms. The first-order chi connectivity index (χ1) is 14.0. The van der Waals surface area contributed by atoms with Gasteiger partial charge in [-0.25, -0.2) is 5.43 Å². The Morgan fingerprint density at radius 1 is 1.24 bits per heavy atom. The molecule has 1 saturated heterocycles. The highest BCUT2D eigenvalue weighted by Crippen LogP contribution is 2.45. The van der Waals surface area contributed by atoms with E-state index < -0.39 is 0 Å². The lowest BCUT2D eigenvalue weighted by Gasteiger charge is -2.49. The molecule has 0 radical (unpaired) electrons. The van der Waals surface area contributed by atoms with E-state index in [1.54, 1.807) is 0 Å². The van der Waals surface area contributed by atoms with Gasteiger partial charge in [-0.2, -0.15) is 5.10 Å². The predicted molar refractivity (Wildman–Crippen MR) is 115 cm³/mol. The van der Waals surface area contributed by atoms with Gasteiger partial charge in [-0.1, -0.05) is 30.3 Å². The molecule has 2 aromatic carbocycles. The van der Waals surface area contributed by atoms with Crippen molar-refractivity contribution in [3.05, 3.63) is 42.5 Å². The Bertz CT molecular complexity index is 1000. The van der Waals surface area contributed by atoms with Gasteiger partial charge in [0.15, 0.2) is 5.84 Å². The van der Waals surface area contributed by atoms with Gasteiger partial charge in [-0.15, -0.1) is 0 Å². The largest absolute Gasteiger partial charge is 0.483 e. The van der Waals surface area contributed by atoms with Crippen LogP contribution in [0.4, 0.5) is 11.4 Å². The number of hydrazone groups is 1. The highest BCUT2D eigenvalue weighted by molar-refractivity contribution is 6.10. The molecule has 1 atom stereocenters. The molecule has 3 aliphatic heterocycles. The van der Waals surface area contributed by atoms with E-state index in [1.165, 1.54) is 0 Å². The Hall–Kier alpha value is -3.06. The lowest BCUT2D eigenvalue weighted by Crippen LogP contribution is -2.66. The van der Waals surface area contributed by atoms with Crippen LogP contribution in [0.3, 0.4) is 0 Å². The second-order valence-corrected chi connectivity index (χ2v) is 8.20. The Morgan fingerprint density at radius 3 is 2.69 bits per heavy atom. The molecule has 1 unspecified atom stereocenters. The van der Waals surface area contributed by atoms with Gasteiger partial charge in [0.25, 0.3) is 5.91 Å². The first-order valence-electron chi connectivity index (χ1n) is 9.94. The molecular formula is C22H25N5O2. The summed E-state index contributed by atoms with van der Waals surface area (Å²) in [5.74, 6) is 1.39. The molecule has 7 heteroatoms. The third kappa shape index (κ3) is 2.76. The van der Waals surface area contributed by atoms with Gasteiger partial charge in [0.2, 0.25) is 0 Å². The van der Waals surface area contributed by atoms with Gasteiger partial charge in [-0.05, 0) is 31.5 Å². The van der Waals surface area contributed by atoms with Gasteiger partial charge < -0.3 is 19.9 Å². The number of likely N-dealkylation sites (N-methyl/N-ethyl adjacent to an activating group) is 1. The Balaban J connectivity index is 1.69. The number of hydrogen-bond donors (Lipinski definition) is 2. The van der Waals surface area contributed by atoms with Gasteiger partial charge >= 0.3 is 0 Å². The van der Waals surface area contributed by atoms with E-state index in [9.17, 15) is 4.79 Å². The van der Waals surface area contributed by atoms with Crippen molar-refractivity contribution in [2.75, 3.05) is 36.5 Å². The molecule has 0 aliphatic carbocycles. The molecule has 0 spiro atoms. The predicted octanol–water partition coefficient (Wildman–Crippen LogP) is 2.18. The van der Waals surface area contributed by atoms with Crippen molar-refractivity contribution in [1.82, 2.24) is 10.7 Å². The van der Waals surface area contributed by atoms with E-state index in [-0.39, 0.29) is 17.5 Å². The van der Waals surface area contributed by atoms with Gasteiger partial charge in [0.1, 0.15) is 18.4 Å². The molecule has 0 aromatic heterocycles. The van der Waals surface area contributed by atoms with Crippen LogP contribution in [0.25, 0.3) is 11.1 Å². The topological polar surface area (TPSA) is 69.2 Å². The summed E-state index contributed by atoms with van der Waals surface area (Å²) in [6, 6.07) is 14.3. The van der Waals surface area contributed by atoms with Crippen LogP contribution in [0.1, 0.15) is 13.8 Å². The van der Waals surface area contributed by atoms with Crippen LogP contribution in [0.5, 0.6) is 5.75 Å². The van der Waals surface area contributed by atoms with Crippen LogP contribution in [-0.2, 0) is 4.79 Å². The summed E-state index contributed by atoms with van der Waals surface area (Å²) in [7, 11) is 2.14. The second-order valence-electron chi connectivity index (χ2n) is 8.20. The fourth-order valence-electron chi connectivity index (χ4n) is 4.20. The molecule has 2 aromatic rings.